The first-order chi connectivity index (χ1) is 10.6. The molecule has 22 heavy (non-hydrogen) atoms. The third-order valence-electron chi connectivity index (χ3n) is 3.79. The summed E-state index contributed by atoms with van der Waals surface area (Å²) in [6.45, 7) is 2.00. The van der Waals surface area contributed by atoms with E-state index in [0.717, 1.165) is 29.2 Å². The van der Waals surface area contributed by atoms with Gasteiger partial charge in [-0.15, -0.1) is 0 Å². The Morgan fingerprint density at radius 2 is 1.59 bits per heavy atom. The van der Waals surface area contributed by atoms with Crippen molar-refractivity contribution < 1.29 is 13.9 Å². The second kappa shape index (κ2) is 6.36. The van der Waals surface area contributed by atoms with Crippen molar-refractivity contribution in [1.82, 2.24) is 4.90 Å². The molecule has 1 heterocycles. The van der Waals surface area contributed by atoms with E-state index >= 15 is 0 Å². The average Bonchev–Trinajstić information content (AvgIpc) is 2.53. The molecule has 0 aliphatic carbocycles. The Kier molecular flexibility index (Phi) is 4.29. The SMILES string of the molecule is CN(C)CC(c1ccc(F)cc1)c1ccc2c(c1)OCCO2. The summed E-state index contributed by atoms with van der Waals surface area (Å²) in [5, 5.41) is 0. The van der Waals surface area contributed by atoms with E-state index in [-0.39, 0.29) is 11.7 Å². The summed E-state index contributed by atoms with van der Waals surface area (Å²) < 4.78 is 24.4. The Morgan fingerprint density at radius 3 is 2.27 bits per heavy atom. The predicted octanol–water partition coefficient (Wildman–Crippen LogP) is 3.29. The first-order valence-electron chi connectivity index (χ1n) is 7.43. The summed E-state index contributed by atoms with van der Waals surface area (Å²) in [5.41, 5.74) is 2.23. The van der Waals surface area contributed by atoms with E-state index in [2.05, 4.69) is 11.0 Å². The number of hydrogen-bond donors (Lipinski definition) is 0. The van der Waals surface area contributed by atoms with Gasteiger partial charge in [0.2, 0.25) is 0 Å². The molecule has 1 aliphatic rings. The highest BCUT2D eigenvalue weighted by atomic mass is 19.1. The van der Waals surface area contributed by atoms with Gasteiger partial charge in [-0.25, -0.2) is 4.39 Å². The summed E-state index contributed by atoms with van der Waals surface area (Å²) in [6, 6.07) is 12.8. The Morgan fingerprint density at radius 1 is 0.955 bits per heavy atom. The third-order valence-corrected chi connectivity index (χ3v) is 3.79. The van der Waals surface area contributed by atoms with Crippen molar-refractivity contribution in [3.8, 4) is 11.5 Å². The Balaban J connectivity index is 1.96. The molecule has 0 N–H and O–H groups in total. The molecule has 3 nitrogen and oxygen atoms in total. The van der Waals surface area contributed by atoms with Gasteiger partial charge in [0.15, 0.2) is 11.5 Å². The highest BCUT2D eigenvalue weighted by Crippen LogP contribution is 2.35. The van der Waals surface area contributed by atoms with Crippen molar-refractivity contribution in [2.45, 2.75) is 5.92 Å². The first-order valence-corrected chi connectivity index (χ1v) is 7.43. The van der Waals surface area contributed by atoms with Crippen LogP contribution in [0.2, 0.25) is 0 Å². The van der Waals surface area contributed by atoms with Gasteiger partial charge < -0.3 is 14.4 Å². The Labute approximate surface area is 130 Å². The normalized spacial score (nSPS) is 14.9. The van der Waals surface area contributed by atoms with E-state index in [1.165, 1.54) is 12.1 Å². The minimum absolute atomic E-state index is 0.159. The van der Waals surface area contributed by atoms with Crippen molar-refractivity contribution in [2.75, 3.05) is 33.9 Å². The molecule has 2 aromatic carbocycles. The van der Waals surface area contributed by atoms with Gasteiger partial charge in [-0.2, -0.15) is 0 Å². The average molecular weight is 301 g/mol. The summed E-state index contributed by atoms with van der Waals surface area (Å²) in [6.07, 6.45) is 0. The summed E-state index contributed by atoms with van der Waals surface area (Å²) in [7, 11) is 4.07. The fraction of sp³-hybridized carbons (Fsp3) is 0.333. The standard InChI is InChI=1S/C18H20FNO2/c1-20(2)12-16(13-3-6-15(19)7-4-13)14-5-8-17-18(11-14)22-10-9-21-17/h3-8,11,16H,9-10,12H2,1-2H3. The second-order valence-electron chi connectivity index (χ2n) is 5.77. The van der Waals surface area contributed by atoms with Crippen LogP contribution in [0.25, 0.3) is 0 Å². The Bertz CT molecular complexity index is 640. The van der Waals surface area contributed by atoms with Crippen LogP contribution in [0.5, 0.6) is 11.5 Å². The molecule has 0 fully saturated rings. The van der Waals surface area contributed by atoms with E-state index < -0.39 is 0 Å². The molecule has 0 spiro atoms. The second-order valence-corrected chi connectivity index (χ2v) is 5.77. The Hall–Kier alpha value is -2.07. The van der Waals surface area contributed by atoms with Crippen molar-refractivity contribution in [1.29, 1.82) is 0 Å². The van der Waals surface area contributed by atoms with Gasteiger partial charge in [-0.3, -0.25) is 0 Å². The number of halogens is 1. The van der Waals surface area contributed by atoms with E-state index in [1.54, 1.807) is 0 Å². The van der Waals surface area contributed by atoms with Crippen LogP contribution in [0, 0.1) is 5.82 Å². The van der Waals surface area contributed by atoms with E-state index in [4.69, 9.17) is 9.47 Å². The molecular weight excluding hydrogens is 281 g/mol. The number of fused-ring (bicyclic) bond motifs is 1. The van der Waals surface area contributed by atoms with Crippen molar-refractivity contribution in [3.63, 3.8) is 0 Å². The number of hydrogen-bond acceptors (Lipinski definition) is 3. The largest absolute Gasteiger partial charge is 0.486 e. The maximum absolute atomic E-state index is 13.2. The molecule has 3 rings (SSSR count). The van der Waals surface area contributed by atoms with Gasteiger partial charge in [-0.1, -0.05) is 18.2 Å². The highest BCUT2D eigenvalue weighted by molar-refractivity contribution is 5.47. The number of ether oxygens (including phenoxy) is 2. The molecule has 0 amide bonds. The molecule has 1 unspecified atom stereocenters. The summed E-state index contributed by atoms with van der Waals surface area (Å²) in [4.78, 5) is 2.13. The summed E-state index contributed by atoms with van der Waals surface area (Å²) >= 11 is 0. The van der Waals surface area contributed by atoms with Crippen LogP contribution in [-0.4, -0.2) is 38.8 Å². The topological polar surface area (TPSA) is 21.7 Å². The fourth-order valence-corrected chi connectivity index (χ4v) is 2.74. The number of benzene rings is 2. The van der Waals surface area contributed by atoms with Gasteiger partial charge in [0.25, 0.3) is 0 Å². The smallest absolute Gasteiger partial charge is 0.161 e. The fourth-order valence-electron chi connectivity index (χ4n) is 2.74. The van der Waals surface area contributed by atoms with Crippen LogP contribution in [0.4, 0.5) is 4.39 Å². The summed E-state index contributed by atoms with van der Waals surface area (Å²) in [5.74, 6) is 1.52. The lowest BCUT2D eigenvalue weighted by Gasteiger charge is -2.24. The van der Waals surface area contributed by atoms with Crippen molar-refractivity contribution in [3.05, 3.63) is 59.4 Å². The van der Waals surface area contributed by atoms with Gasteiger partial charge in [0.1, 0.15) is 19.0 Å². The molecule has 0 aromatic heterocycles. The van der Waals surface area contributed by atoms with Crippen LogP contribution in [0.15, 0.2) is 42.5 Å². The quantitative estimate of drug-likeness (QED) is 0.865. The molecule has 0 saturated heterocycles. The van der Waals surface area contributed by atoms with Gasteiger partial charge in [0.05, 0.1) is 0 Å². The van der Waals surface area contributed by atoms with Crippen LogP contribution in [0.3, 0.4) is 0 Å². The molecule has 116 valence electrons. The lowest BCUT2D eigenvalue weighted by Crippen LogP contribution is -2.22. The zero-order valence-electron chi connectivity index (χ0n) is 12.9. The molecule has 0 radical (unpaired) electrons. The van der Waals surface area contributed by atoms with Crippen molar-refractivity contribution >= 4 is 0 Å². The molecular formula is C18H20FNO2. The molecule has 1 atom stereocenters. The number of rotatable bonds is 4. The van der Waals surface area contributed by atoms with Crippen molar-refractivity contribution in [2.24, 2.45) is 0 Å². The zero-order chi connectivity index (χ0) is 15.5. The predicted molar refractivity (Wildman–Crippen MR) is 84.2 cm³/mol. The van der Waals surface area contributed by atoms with Crippen LogP contribution in [-0.2, 0) is 0 Å². The van der Waals surface area contributed by atoms with Crippen LogP contribution < -0.4 is 9.47 Å². The third kappa shape index (κ3) is 3.22. The van der Waals surface area contributed by atoms with Gasteiger partial charge >= 0.3 is 0 Å². The monoisotopic (exact) mass is 301 g/mol. The lowest BCUT2D eigenvalue weighted by molar-refractivity contribution is 0.171. The lowest BCUT2D eigenvalue weighted by atomic mass is 9.90. The zero-order valence-corrected chi connectivity index (χ0v) is 12.9. The van der Waals surface area contributed by atoms with Gasteiger partial charge in [-0.05, 0) is 49.5 Å². The maximum Gasteiger partial charge on any atom is 0.161 e. The maximum atomic E-state index is 13.2. The minimum Gasteiger partial charge on any atom is -0.486 e. The molecule has 1 aliphatic heterocycles. The molecule has 4 heteroatoms. The van der Waals surface area contributed by atoms with Crippen LogP contribution >= 0.6 is 0 Å². The molecule has 0 saturated carbocycles. The minimum atomic E-state index is -0.213. The van der Waals surface area contributed by atoms with E-state index in [0.29, 0.717) is 13.2 Å². The van der Waals surface area contributed by atoms with Crippen LogP contribution in [0.1, 0.15) is 17.0 Å². The van der Waals surface area contributed by atoms with E-state index in [1.807, 2.05) is 38.4 Å². The number of nitrogens with zero attached hydrogens (tertiary/aromatic N) is 1. The molecule has 2 aromatic rings. The van der Waals surface area contributed by atoms with E-state index in [9.17, 15) is 4.39 Å². The number of likely N-dealkylation sites (N-methyl/N-ethyl adjacent to an activating group) is 1. The highest BCUT2D eigenvalue weighted by Gasteiger charge is 2.19. The van der Waals surface area contributed by atoms with Gasteiger partial charge in [0, 0.05) is 12.5 Å². The first kappa shape index (κ1) is 14.9. The molecule has 0 bridgehead atoms.